The summed E-state index contributed by atoms with van der Waals surface area (Å²) in [5.74, 6) is 0.841. The molecular weight excluding hydrogens is 325 g/mol. The van der Waals surface area contributed by atoms with Gasteiger partial charge in [-0.05, 0) is 18.2 Å². The Hall–Kier alpha value is -2.38. The van der Waals surface area contributed by atoms with Gasteiger partial charge in [-0.15, -0.1) is 0 Å². The van der Waals surface area contributed by atoms with Crippen LogP contribution in [0.3, 0.4) is 0 Å². The second-order valence-corrected chi connectivity index (χ2v) is 5.37. The first-order chi connectivity index (χ1) is 10.5. The SMILES string of the molecule is Nc1nc(N)c2nc(CNc3cc(Cl)cc(Cl)c3)ncc2n1. The first-order valence-electron chi connectivity index (χ1n) is 6.26. The number of hydrogen-bond acceptors (Lipinski definition) is 7. The Morgan fingerprint density at radius 3 is 2.45 bits per heavy atom. The van der Waals surface area contributed by atoms with Crippen molar-refractivity contribution in [1.82, 2.24) is 19.9 Å². The third-order valence-electron chi connectivity index (χ3n) is 2.85. The van der Waals surface area contributed by atoms with E-state index >= 15 is 0 Å². The number of halogens is 2. The van der Waals surface area contributed by atoms with Crippen LogP contribution in [0, 0.1) is 0 Å². The molecule has 22 heavy (non-hydrogen) atoms. The van der Waals surface area contributed by atoms with E-state index < -0.39 is 0 Å². The van der Waals surface area contributed by atoms with Crippen molar-refractivity contribution in [2.24, 2.45) is 0 Å². The number of nitrogens with one attached hydrogen (secondary N) is 1. The topological polar surface area (TPSA) is 116 Å². The van der Waals surface area contributed by atoms with Gasteiger partial charge < -0.3 is 16.8 Å². The van der Waals surface area contributed by atoms with Crippen LogP contribution in [0.2, 0.25) is 10.0 Å². The molecule has 0 aliphatic carbocycles. The molecule has 3 aromatic rings. The average Bonchev–Trinajstić information content (AvgIpc) is 2.44. The smallest absolute Gasteiger partial charge is 0.222 e. The van der Waals surface area contributed by atoms with Crippen LogP contribution in [0.5, 0.6) is 0 Å². The molecule has 0 fully saturated rings. The standard InChI is InChI=1S/C13H11Cl2N7/c14-6-1-7(15)3-8(2-6)18-5-10-19-4-9-11(21-10)12(16)22-13(17)20-9/h1-4,18H,5H2,(H4,16,17,20,22). The summed E-state index contributed by atoms with van der Waals surface area (Å²) < 4.78 is 0. The van der Waals surface area contributed by atoms with Crippen molar-refractivity contribution in [3.63, 3.8) is 0 Å². The molecule has 3 rings (SSSR count). The van der Waals surface area contributed by atoms with Gasteiger partial charge in [0.05, 0.1) is 12.7 Å². The summed E-state index contributed by atoms with van der Waals surface area (Å²) in [7, 11) is 0. The van der Waals surface area contributed by atoms with Gasteiger partial charge in [-0.3, -0.25) is 0 Å². The van der Waals surface area contributed by atoms with Gasteiger partial charge in [0.1, 0.15) is 16.9 Å². The minimum absolute atomic E-state index is 0.0908. The van der Waals surface area contributed by atoms with E-state index in [1.165, 1.54) is 0 Å². The van der Waals surface area contributed by atoms with Crippen molar-refractivity contribution >= 4 is 51.7 Å². The van der Waals surface area contributed by atoms with Gasteiger partial charge in [0, 0.05) is 15.7 Å². The maximum Gasteiger partial charge on any atom is 0.222 e. The molecule has 0 saturated heterocycles. The largest absolute Gasteiger partial charge is 0.382 e. The van der Waals surface area contributed by atoms with E-state index in [9.17, 15) is 0 Å². The zero-order valence-electron chi connectivity index (χ0n) is 11.2. The molecular formula is C13H11Cl2N7. The Kier molecular flexibility index (Phi) is 3.82. The summed E-state index contributed by atoms with van der Waals surface area (Å²) >= 11 is 11.9. The Morgan fingerprint density at radius 2 is 1.73 bits per heavy atom. The summed E-state index contributed by atoms with van der Waals surface area (Å²) in [6.45, 7) is 0.371. The normalized spacial score (nSPS) is 10.8. The third-order valence-corrected chi connectivity index (χ3v) is 3.28. The van der Waals surface area contributed by atoms with Crippen LogP contribution in [-0.4, -0.2) is 19.9 Å². The fourth-order valence-corrected chi connectivity index (χ4v) is 2.46. The molecule has 0 unspecified atom stereocenters. The Labute approximate surface area is 135 Å². The summed E-state index contributed by atoms with van der Waals surface area (Å²) in [5, 5.41) is 4.23. The van der Waals surface area contributed by atoms with E-state index in [4.69, 9.17) is 34.7 Å². The zero-order chi connectivity index (χ0) is 15.7. The Bertz CT molecular complexity index is 833. The molecule has 2 aromatic heterocycles. The molecule has 0 radical (unpaired) electrons. The zero-order valence-corrected chi connectivity index (χ0v) is 12.7. The van der Waals surface area contributed by atoms with Crippen molar-refractivity contribution in [3.8, 4) is 0 Å². The molecule has 0 aliphatic rings. The van der Waals surface area contributed by atoms with E-state index in [1.807, 2.05) is 0 Å². The first kappa shape index (κ1) is 14.6. The molecule has 2 heterocycles. The highest BCUT2D eigenvalue weighted by atomic mass is 35.5. The number of benzene rings is 1. The highest BCUT2D eigenvalue weighted by Crippen LogP contribution is 2.23. The van der Waals surface area contributed by atoms with Crippen LogP contribution in [0.1, 0.15) is 5.82 Å². The lowest BCUT2D eigenvalue weighted by molar-refractivity contribution is 0.964. The molecule has 7 nitrogen and oxygen atoms in total. The second kappa shape index (κ2) is 5.78. The molecule has 0 aliphatic heterocycles. The number of aromatic nitrogens is 4. The maximum atomic E-state index is 5.94. The molecule has 0 bridgehead atoms. The van der Waals surface area contributed by atoms with Crippen molar-refractivity contribution in [2.45, 2.75) is 6.54 Å². The molecule has 5 N–H and O–H groups in total. The number of nitrogen functional groups attached to an aromatic ring is 2. The lowest BCUT2D eigenvalue weighted by Crippen LogP contribution is -2.07. The van der Waals surface area contributed by atoms with Crippen molar-refractivity contribution < 1.29 is 0 Å². The molecule has 1 aromatic carbocycles. The predicted molar refractivity (Wildman–Crippen MR) is 87.7 cm³/mol. The average molecular weight is 336 g/mol. The molecule has 0 atom stereocenters. The monoisotopic (exact) mass is 335 g/mol. The highest BCUT2D eigenvalue weighted by molar-refractivity contribution is 6.35. The lowest BCUT2D eigenvalue weighted by Gasteiger charge is -2.08. The molecule has 0 saturated carbocycles. The van der Waals surface area contributed by atoms with Crippen LogP contribution >= 0.6 is 23.2 Å². The van der Waals surface area contributed by atoms with Crippen molar-refractivity contribution in [2.75, 3.05) is 16.8 Å². The Morgan fingerprint density at radius 1 is 1.00 bits per heavy atom. The van der Waals surface area contributed by atoms with E-state index in [2.05, 4.69) is 25.3 Å². The maximum absolute atomic E-state index is 5.94. The summed E-state index contributed by atoms with van der Waals surface area (Å²) in [4.78, 5) is 16.4. The van der Waals surface area contributed by atoms with Gasteiger partial charge in [0.25, 0.3) is 0 Å². The number of anilines is 3. The minimum Gasteiger partial charge on any atom is -0.382 e. The fourth-order valence-electron chi connectivity index (χ4n) is 1.93. The number of fused-ring (bicyclic) bond motifs is 1. The molecule has 0 spiro atoms. The molecule has 112 valence electrons. The van der Waals surface area contributed by atoms with E-state index in [1.54, 1.807) is 24.4 Å². The van der Waals surface area contributed by atoms with E-state index in [-0.39, 0.29) is 11.8 Å². The predicted octanol–water partition coefficient (Wildman–Crippen LogP) is 2.50. The van der Waals surface area contributed by atoms with E-state index in [0.717, 1.165) is 5.69 Å². The van der Waals surface area contributed by atoms with Crippen molar-refractivity contribution in [1.29, 1.82) is 0 Å². The van der Waals surface area contributed by atoms with Crippen LogP contribution in [0.15, 0.2) is 24.4 Å². The van der Waals surface area contributed by atoms with Gasteiger partial charge in [-0.1, -0.05) is 23.2 Å². The number of rotatable bonds is 3. The van der Waals surface area contributed by atoms with Crippen molar-refractivity contribution in [3.05, 3.63) is 40.3 Å². The van der Waals surface area contributed by atoms with Crippen LogP contribution in [-0.2, 0) is 6.54 Å². The first-order valence-corrected chi connectivity index (χ1v) is 7.01. The molecule has 0 amide bonds. The minimum atomic E-state index is 0.0908. The fraction of sp³-hybridized carbons (Fsp3) is 0.0769. The highest BCUT2D eigenvalue weighted by Gasteiger charge is 2.07. The van der Waals surface area contributed by atoms with Gasteiger partial charge in [0.15, 0.2) is 5.82 Å². The summed E-state index contributed by atoms with van der Waals surface area (Å²) in [6.07, 6.45) is 1.55. The quantitative estimate of drug-likeness (QED) is 0.673. The van der Waals surface area contributed by atoms with Crippen LogP contribution < -0.4 is 16.8 Å². The summed E-state index contributed by atoms with van der Waals surface area (Å²) in [6, 6.07) is 5.17. The van der Waals surface area contributed by atoms with Gasteiger partial charge in [0.2, 0.25) is 5.95 Å². The third kappa shape index (κ3) is 3.10. The van der Waals surface area contributed by atoms with Gasteiger partial charge >= 0.3 is 0 Å². The molecule has 9 heteroatoms. The van der Waals surface area contributed by atoms with Gasteiger partial charge in [-0.2, -0.15) is 4.98 Å². The number of hydrogen-bond donors (Lipinski definition) is 3. The van der Waals surface area contributed by atoms with Crippen LogP contribution in [0.25, 0.3) is 11.0 Å². The number of nitrogens with two attached hydrogens (primary N) is 2. The lowest BCUT2D eigenvalue weighted by atomic mass is 10.3. The van der Waals surface area contributed by atoms with E-state index in [0.29, 0.717) is 33.4 Å². The van der Waals surface area contributed by atoms with Crippen LogP contribution in [0.4, 0.5) is 17.5 Å². The Balaban J connectivity index is 1.85. The number of nitrogens with zero attached hydrogens (tertiary/aromatic N) is 4. The second-order valence-electron chi connectivity index (χ2n) is 4.50. The van der Waals surface area contributed by atoms with Gasteiger partial charge in [-0.25, -0.2) is 15.0 Å². The summed E-state index contributed by atoms with van der Waals surface area (Å²) in [5.41, 5.74) is 13.1.